The second-order valence-electron chi connectivity index (χ2n) is 8.05. The van der Waals surface area contributed by atoms with Gasteiger partial charge in [0, 0.05) is 68.1 Å². The molecule has 0 amide bonds. The van der Waals surface area contributed by atoms with E-state index < -0.39 is 0 Å². The average molecular weight is 393 g/mol. The Morgan fingerprint density at radius 3 is 2.86 bits per heavy atom. The van der Waals surface area contributed by atoms with Gasteiger partial charge in [-0.25, -0.2) is 9.97 Å². The number of aryl methyl sites for hydroxylation is 2. The van der Waals surface area contributed by atoms with E-state index in [1.54, 1.807) is 6.20 Å². The number of anilines is 1. The van der Waals surface area contributed by atoms with Crippen LogP contribution in [0.25, 0.3) is 21.6 Å². The van der Waals surface area contributed by atoms with Crippen LogP contribution in [-0.2, 0) is 12.8 Å². The lowest BCUT2D eigenvalue weighted by molar-refractivity contribution is 0.0189. The molecule has 3 aromatic rings. The van der Waals surface area contributed by atoms with Crippen LogP contribution in [0.15, 0.2) is 24.5 Å². The van der Waals surface area contributed by atoms with Crippen LogP contribution in [0.5, 0.6) is 0 Å². The molecule has 28 heavy (non-hydrogen) atoms. The topological polar surface area (TPSA) is 57.2 Å². The van der Waals surface area contributed by atoms with Crippen molar-refractivity contribution in [3.63, 3.8) is 0 Å². The van der Waals surface area contributed by atoms with E-state index in [4.69, 9.17) is 9.97 Å². The predicted molar refractivity (Wildman–Crippen MR) is 113 cm³/mol. The van der Waals surface area contributed by atoms with E-state index in [1.807, 2.05) is 29.7 Å². The van der Waals surface area contributed by atoms with Gasteiger partial charge in [-0.2, -0.15) is 0 Å². The summed E-state index contributed by atoms with van der Waals surface area (Å²) in [6.07, 6.45) is 7.24. The Labute approximate surface area is 168 Å². The van der Waals surface area contributed by atoms with E-state index in [0.29, 0.717) is 6.04 Å². The summed E-state index contributed by atoms with van der Waals surface area (Å²) >= 11 is 1.85. The molecule has 0 spiro atoms. The number of nitrogens with zero attached hydrogens (tertiary/aromatic N) is 5. The minimum atomic E-state index is 0.570. The number of fused-ring (bicyclic) bond motifs is 6. The van der Waals surface area contributed by atoms with Crippen LogP contribution in [0.1, 0.15) is 16.9 Å². The lowest BCUT2D eigenvalue weighted by Gasteiger charge is -2.47. The Morgan fingerprint density at radius 1 is 1.14 bits per heavy atom. The third kappa shape index (κ3) is 2.80. The summed E-state index contributed by atoms with van der Waals surface area (Å²) < 4.78 is 0. The zero-order valence-electron chi connectivity index (χ0n) is 15.9. The van der Waals surface area contributed by atoms with Crippen molar-refractivity contribution in [3.05, 3.63) is 35.0 Å². The molecule has 0 radical (unpaired) electrons. The van der Waals surface area contributed by atoms with Crippen molar-refractivity contribution < 1.29 is 0 Å². The molecule has 3 aromatic heterocycles. The minimum Gasteiger partial charge on any atom is -0.368 e. The standard InChI is InChI=1S/C21H24N6S/c1-4-16-17(5-1)28-21-18(16)20(24-19(25-21)14-3-2-6-22-11-14)23-12-15-13-26-7-9-27(15)10-8-26/h2-3,6,11,15H,1,4-5,7-10,12-13H2,(H,23,24,25). The molecule has 6 heterocycles. The maximum absolute atomic E-state index is 4.98. The van der Waals surface area contributed by atoms with Crippen molar-refractivity contribution in [1.82, 2.24) is 24.8 Å². The molecule has 4 aliphatic rings. The number of hydrogen-bond donors (Lipinski definition) is 1. The fourth-order valence-electron chi connectivity index (χ4n) is 4.88. The van der Waals surface area contributed by atoms with Gasteiger partial charge < -0.3 is 5.32 Å². The van der Waals surface area contributed by atoms with E-state index in [1.165, 1.54) is 61.4 Å². The summed E-state index contributed by atoms with van der Waals surface area (Å²) in [5.74, 6) is 1.79. The van der Waals surface area contributed by atoms with Crippen molar-refractivity contribution in [3.8, 4) is 11.4 Å². The SMILES string of the molecule is c1cncc(-c2nc(NCC3CN4CCN3CC4)c3c4c(sc3n2)CCC4)c1. The maximum Gasteiger partial charge on any atom is 0.164 e. The Kier molecular flexibility index (Phi) is 4.06. The number of pyridine rings is 1. The molecular weight excluding hydrogens is 368 g/mol. The number of thiophene rings is 1. The van der Waals surface area contributed by atoms with Gasteiger partial charge in [-0.1, -0.05) is 0 Å². The summed E-state index contributed by atoms with van der Waals surface area (Å²) in [5.41, 5.74) is 2.46. The summed E-state index contributed by atoms with van der Waals surface area (Å²) in [4.78, 5) is 22.0. The molecule has 1 N–H and O–H groups in total. The lowest BCUT2D eigenvalue weighted by atomic mass is 10.1. The molecule has 7 rings (SSSR count). The van der Waals surface area contributed by atoms with Crippen LogP contribution in [0, 0.1) is 0 Å². The van der Waals surface area contributed by atoms with Gasteiger partial charge in [-0.3, -0.25) is 14.8 Å². The van der Waals surface area contributed by atoms with Gasteiger partial charge in [0.25, 0.3) is 0 Å². The third-order valence-electron chi connectivity index (χ3n) is 6.38. The Hall–Kier alpha value is -2.09. The molecule has 6 nitrogen and oxygen atoms in total. The fraction of sp³-hybridized carbons (Fsp3) is 0.476. The van der Waals surface area contributed by atoms with Gasteiger partial charge >= 0.3 is 0 Å². The minimum absolute atomic E-state index is 0.570. The van der Waals surface area contributed by atoms with E-state index in [0.717, 1.165) is 35.0 Å². The normalized spacial score (nSPS) is 25.9. The molecule has 1 atom stereocenters. The highest BCUT2D eigenvalue weighted by Crippen LogP contribution is 2.40. The predicted octanol–water partition coefficient (Wildman–Crippen LogP) is 2.65. The highest BCUT2D eigenvalue weighted by atomic mass is 32.1. The molecule has 7 heteroatoms. The quantitative estimate of drug-likeness (QED) is 0.737. The van der Waals surface area contributed by atoms with Crippen LogP contribution in [0.3, 0.4) is 0 Å². The molecule has 1 aliphatic carbocycles. The first kappa shape index (κ1) is 16.8. The first-order chi connectivity index (χ1) is 13.8. The van der Waals surface area contributed by atoms with Gasteiger partial charge in [0.1, 0.15) is 10.6 Å². The van der Waals surface area contributed by atoms with E-state index in [2.05, 4.69) is 20.1 Å². The molecule has 3 fully saturated rings. The van der Waals surface area contributed by atoms with Crippen molar-refractivity contribution in [1.29, 1.82) is 0 Å². The molecule has 3 aliphatic heterocycles. The van der Waals surface area contributed by atoms with Crippen LogP contribution < -0.4 is 5.32 Å². The Morgan fingerprint density at radius 2 is 2.07 bits per heavy atom. The first-order valence-corrected chi connectivity index (χ1v) is 11.1. The van der Waals surface area contributed by atoms with Crippen molar-refractivity contribution in [2.24, 2.45) is 0 Å². The third-order valence-corrected chi connectivity index (χ3v) is 7.57. The highest BCUT2D eigenvalue weighted by molar-refractivity contribution is 7.19. The average Bonchev–Trinajstić information content (AvgIpc) is 3.34. The summed E-state index contributed by atoms with van der Waals surface area (Å²) in [6, 6.07) is 4.56. The van der Waals surface area contributed by atoms with Crippen LogP contribution in [0.2, 0.25) is 0 Å². The first-order valence-electron chi connectivity index (χ1n) is 10.3. The highest BCUT2D eigenvalue weighted by Gasteiger charge is 2.32. The van der Waals surface area contributed by atoms with Crippen LogP contribution >= 0.6 is 11.3 Å². The molecule has 3 saturated heterocycles. The van der Waals surface area contributed by atoms with E-state index in [-0.39, 0.29) is 0 Å². The van der Waals surface area contributed by atoms with Crippen molar-refractivity contribution in [2.45, 2.75) is 25.3 Å². The maximum atomic E-state index is 4.98. The second-order valence-corrected chi connectivity index (χ2v) is 9.13. The van der Waals surface area contributed by atoms with Crippen molar-refractivity contribution in [2.75, 3.05) is 44.6 Å². The van der Waals surface area contributed by atoms with Crippen molar-refractivity contribution >= 4 is 27.4 Å². The number of piperazine rings is 3. The molecular formula is C21H24N6S. The second kappa shape index (κ2) is 6.76. The van der Waals surface area contributed by atoms with Gasteiger partial charge in [0.2, 0.25) is 0 Å². The zero-order valence-corrected chi connectivity index (χ0v) is 16.7. The van der Waals surface area contributed by atoms with E-state index in [9.17, 15) is 0 Å². The van der Waals surface area contributed by atoms with Gasteiger partial charge in [-0.05, 0) is 37.0 Å². The number of nitrogens with one attached hydrogen (secondary N) is 1. The van der Waals surface area contributed by atoms with Gasteiger partial charge in [0.15, 0.2) is 5.82 Å². The molecule has 0 aromatic carbocycles. The zero-order chi connectivity index (χ0) is 18.5. The summed E-state index contributed by atoms with van der Waals surface area (Å²) in [5, 5.41) is 5.00. The molecule has 144 valence electrons. The number of aromatic nitrogens is 3. The Bertz CT molecular complexity index is 1010. The fourth-order valence-corrected chi connectivity index (χ4v) is 6.14. The van der Waals surface area contributed by atoms with E-state index >= 15 is 0 Å². The molecule has 1 unspecified atom stereocenters. The smallest absolute Gasteiger partial charge is 0.164 e. The lowest BCUT2D eigenvalue weighted by Crippen LogP contribution is -2.62. The summed E-state index contributed by atoms with van der Waals surface area (Å²) in [7, 11) is 0. The van der Waals surface area contributed by atoms with Gasteiger partial charge in [0.05, 0.1) is 5.39 Å². The van der Waals surface area contributed by atoms with Crippen LogP contribution in [0.4, 0.5) is 5.82 Å². The molecule has 2 bridgehead atoms. The molecule has 0 saturated carbocycles. The van der Waals surface area contributed by atoms with Crippen LogP contribution in [-0.4, -0.2) is 70.1 Å². The number of hydrogen-bond acceptors (Lipinski definition) is 7. The van der Waals surface area contributed by atoms with Gasteiger partial charge in [-0.15, -0.1) is 11.3 Å². The Balaban J connectivity index is 1.37. The monoisotopic (exact) mass is 392 g/mol. The number of rotatable bonds is 4. The largest absolute Gasteiger partial charge is 0.368 e. The summed E-state index contributed by atoms with van der Waals surface area (Å²) in [6.45, 7) is 6.94.